The maximum absolute atomic E-state index is 4.65. The van der Waals surface area contributed by atoms with Crippen LogP contribution in [0.3, 0.4) is 0 Å². The molecule has 19 heavy (non-hydrogen) atoms. The van der Waals surface area contributed by atoms with E-state index in [2.05, 4.69) is 63.9 Å². The lowest BCUT2D eigenvalue weighted by molar-refractivity contribution is 0.587. The van der Waals surface area contributed by atoms with Gasteiger partial charge in [0.05, 0.1) is 0 Å². The standard InChI is InChI=1S/C17H19NS/c1-10-8-15-13(9-14(10)17(3,4)5)12-7-6-11(2)18-16(12)19-15/h6-9H,1-5H3. The average Bonchev–Trinajstić information content (AvgIpc) is 2.62. The zero-order chi connectivity index (χ0) is 13.8. The molecule has 1 nitrogen and oxygen atoms in total. The first-order valence-corrected chi connectivity index (χ1v) is 7.49. The zero-order valence-electron chi connectivity index (χ0n) is 12.2. The predicted octanol–water partition coefficient (Wildman–Crippen LogP) is 5.36. The molecule has 0 spiro atoms. The molecule has 0 atom stereocenters. The summed E-state index contributed by atoms with van der Waals surface area (Å²) in [5, 5.41) is 2.64. The molecule has 0 amide bonds. The zero-order valence-corrected chi connectivity index (χ0v) is 13.0. The minimum atomic E-state index is 0.185. The molecule has 2 heteroatoms. The largest absolute Gasteiger partial charge is 0.242 e. The minimum absolute atomic E-state index is 0.185. The molecule has 1 aromatic carbocycles. The van der Waals surface area contributed by atoms with Crippen molar-refractivity contribution in [2.24, 2.45) is 0 Å². The summed E-state index contributed by atoms with van der Waals surface area (Å²) in [7, 11) is 0. The Kier molecular flexibility index (Phi) is 2.68. The van der Waals surface area contributed by atoms with Crippen LogP contribution in [0.5, 0.6) is 0 Å². The third-order valence-electron chi connectivity index (χ3n) is 3.63. The highest BCUT2D eigenvalue weighted by molar-refractivity contribution is 7.25. The Morgan fingerprint density at radius 1 is 1.00 bits per heavy atom. The van der Waals surface area contributed by atoms with Crippen molar-refractivity contribution >= 4 is 31.6 Å². The predicted molar refractivity (Wildman–Crippen MR) is 85.3 cm³/mol. The third kappa shape index (κ3) is 2.04. The second-order valence-corrected chi connectivity index (χ2v) is 7.35. The lowest BCUT2D eigenvalue weighted by atomic mass is 9.83. The molecule has 98 valence electrons. The van der Waals surface area contributed by atoms with Crippen molar-refractivity contribution in [3.63, 3.8) is 0 Å². The fourth-order valence-corrected chi connectivity index (χ4v) is 3.90. The van der Waals surface area contributed by atoms with Crippen molar-refractivity contribution in [3.05, 3.63) is 41.1 Å². The number of benzene rings is 1. The summed E-state index contributed by atoms with van der Waals surface area (Å²) in [6, 6.07) is 8.99. The van der Waals surface area contributed by atoms with Gasteiger partial charge < -0.3 is 0 Å². The van der Waals surface area contributed by atoms with E-state index < -0.39 is 0 Å². The van der Waals surface area contributed by atoms with Crippen LogP contribution in [-0.4, -0.2) is 4.98 Å². The van der Waals surface area contributed by atoms with Crippen LogP contribution in [0.4, 0.5) is 0 Å². The maximum Gasteiger partial charge on any atom is 0.124 e. The molecular weight excluding hydrogens is 250 g/mol. The summed E-state index contributed by atoms with van der Waals surface area (Å²) < 4.78 is 1.35. The molecule has 2 aromatic heterocycles. The van der Waals surface area contributed by atoms with Crippen LogP contribution in [0.1, 0.15) is 37.6 Å². The van der Waals surface area contributed by atoms with Gasteiger partial charge in [-0.25, -0.2) is 4.98 Å². The fourth-order valence-electron chi connectivity index (χ4n) is 2.70. The molecule has 0 saturated carbocycles. The molecule has 0 unspecified atom stereocenters. The van der Waals surface area contributed by atoms with Gasteiger partial charge in [-0.1, -0.05) is 20.8 Å². The Labute approximate surface area is 118 Å². The number of nitrogens with zero attached hydrogens (tertiary/aromatic N) is 1. The maximum atomic E-state index is 4.65. The van der Waals surface area contributed by atoms with E-state index in [0.29, 0.717) is 0 Å². The monoisotopic (exact) mass is 269 g/mol. The Hall–Kier alpha value is -1.41. The van der Waals surface area contributed by atoms with E-state index in [1.807, 2.05) is 0 Å². The van der Waals surface area contributed by atoms with E-state index in [-0.39, 0.29) is 5.41 Å². The highest BCUT2D eigenvalue weighted by Crippen LogP contribution is 2.37. The van der Waals surface area contributed by atoms with E-state index in [0.717, 1.165) is 10.5 Å². The number of thiophene rings is 1. The van der Waals surface area contributed by atoms with Crippen molar-refractivity contribution < 1.29 is 0 Å². The Morgan fingerprint density at radius 2 is 1.74 bits per heavy atom. The fraction of sp³-hybridized carbons (Fsp3) is 0.353. The van der Waals surface area contributed by atoms with Crippen LogP contribution in [0, 0.1) is 13.8 Å². The van der Waals surface area contributed by atoms with Crippen molar-refractivity contribution in [1.29, 1.82) is 0 Å². The molecule has 0 N–H and O–H groups in total. The van der Waals surface area contributed by atoms with E-state index >= 15 is 0 Å². The van der Waals surface area contributed by atoms with Gasteiger partial charge in [-0.15, -0.1) is 11.3 Å². The summed E-state index contributed by atoms with van der Waals surface area (Å²) >= 11 is 1.80. The van der Waals surface area contributed by atoms with Crippen LogP contribution in [0.2, 0.25) is 0 Å². The number of pyridine rings is 1. The summed E-state index contributed by atoms with van der Waals surface area (Å²) in [5.41, 5.74) is 4.08. The van der Waals surface area contributed by atoms with Gasteiger partial charge in [-0.2, -0.15) is 0 Å². The second-order valence-electron chi connectivity index (χ2n) is 6.32. The molecule has 0 fully saturated rings. The topological polar surface area (TPSA) is 12.9 Å². The minimum Gasteiger partial charge on any atom is -0.242 e. The number of hydrogen-bond acceptors (Lipinski definition) is 2. The summed E-state index contributed by atoms with van der Waals surface area (Å²) in [6.45, 7) is 11.1. The Balaban J connectivity index is 2.41. The smallest absolute Gasteiger partial charge is 0.124 e. The van der Waals surface area contributed by atoms with Gasteiger partial charge >= 0.3 is 0 Å². The molecule has 0 bridgehead atoms. The number of fused-ring (bicyclic) bond motifs is 3. The molecule has 0 radical (unpaired) electrons. The average molecular weight is 269 g/mol. The highest BCUT2D eigenvalue weighted by atomic mass is 32.1. The van der Waals surface area contributed by atoms with E-state index in [1.54, 1.807) is 11.3 Å². The van der Waals surface area contributed by atoms with Crippen molar-refractivity contribution in [2.75, 3.05) is 0 Å². The summed E-state index contributed by atoms with van der Waals surface area (Å²) in [4.78, 5) is 5.81. The molecule has 3 aromatic rings. The quantitative estimate of drug-likeness (QED) is 0.535. The van der Waals surface area contributed by atoms with Gasteiger partial charge in [-0.3, -0.25) is 0 Å². The summed E-state index contributed by atoms with van der Waals surface area (Å²) in [5.74, 6) is 0. The lowest BCUT2D eigenvalue weighted by Gasteiger charge is -2.21. The number of hydrogen-bond donors (Lipinski definition) is 0. The van der Waals surface area contributed by atoms with Gasteiger partial charge in [0, 0.05) is 21.2 Å². The van der Waals surface area contributed by atoms with Crippen molar-refractivity contribution in [2.45, 2.75) is 40.0 Å². The molecule has 2 heterocycles. The number of rotatable bonds is 0. The Bertz CT molecular complexity index is 775. The number of aromatic nitrogens is 1. The first kappa shape index (κ1) is 12.6. The van der Waals surface area contributed by atoms with Crippen LogP contribution in [0.25, 0.3) is 20.3 Å². The van der Waals surface area contributed by atoms with E-state index in [4.69, 9.17) is 0 Å². The van der Waals surface area contributed by atoms with Crippen LogP contribution >= 0.6 is 11.3 Å². The van der Waals surface area contributed by atoms with E-state index in [9.17, 15) is 0 Å². The van der Waals surface area contributed by atoms with Gasteiger partial charge in [-0.05, 0) is 54.7 Å². The first-order valence-electron chi connectivity index (χ1n) is 6.67. The molecule has 0 aliphatic heterocycles. The normalized spacial score (nSPS) is 12.5. The highest BCUT2D eigenvalue weighted by Gasteiger charge is 2.18. The first-order chi connectivity index (χ1) is 8.86. The summed E-state index contributed by atoms with van der Waals surface area (Å²) in [6.07, 6.45) is 0. The van der Waals surface area contributed by atoms with Gasteiger partial charge in [0.25, 0.3) is 0 Å². The van der Waals surface area contributed by atoms with Crippen molar-refractivity contribution in [3.8, 4) is 0 Å². The second kappa shape index (κ2) is 4.04. The van der Waals surface area contributed by atoms with Crippen LogP contribution in [0.15, 0.2) is 24.3 Å². The van der Waals surface area contributed by atoms with Crippen LogP contribution < -0.4 is 0 Å². The SMILES string of the molecule is Cc1ccc2c(n1)sc1cc(C)c(C(C)(C)C)cc12. The number of aryl methyl sites for hydroxylation is 2. The lowest BCUT2D eigenvalue weighted by Crippen LogP contribution is -2.12. The molecule has 0 aliphatic rings. The molecule has 3 rings (SSSR count). The van der Waals surface area contributed by atoms with Gasteiger partial charge in [0.2, 0.25) is 0 Å². The molecule has 0 aliphatic carbocycles. The van der Waals surface area contributed by atoms with Gasteiger partial charge in [0.1, 0.15) is 4.83 Å². The third-order valence-corrected chi connectivity index (χ3v) is 4.69. The molecular formula is C17H19NS. The Morgan fingerprint density at radius 3 is 2.42 bits per heavy atom. The van der Waals surface area contributed by atoms with Gasteiger partial charge in [0.15, 0.2) is 0 Å². The van der Waals surface area contributed by atoms with Crippen LogP contribution in [-0.2, 0) is 5.41 Å². The van der Waals surface area contributed by atoms with Crippen molar-refractivity contribution in [1.82, 2.24) is 4.98 Å². The molecule has 0 saturated heterocycles. The van der Waals surface area contributed by atoms with E-state index in [1.165, 1.54) is 26.6 Å².